The van der Waals surface area contributed by atoms with Gasteiger partial charge in [-0.05, 0) is 6.04 Å². The maximum Gasteiger partial charge on any atom is 0.405 e. The monoisotopic (exact) mass is 520 g/mol. The molecule has 1 rings (SSSR count). The van der Waals surface area contributed by atoms with E-state index in [0.29, 0.717) is 0 Å². The molecule has 110 valence electrons. The van der Waals surface area contributed by atoms with Gasteiger partial charge in [-0.3, -0.25) is 0 Å². The first kappa shape index (κ1) is 19.2. The van der Waals surface area contributed by atoms with Gasteiger partial charge in [-0.25, -0.2) is 13.2 Å². The Morgan fingerprint density at radius 3 is 2.63 bits per heavy atom. The third kappa shape index (κ3) is 6.92. The van der Waals surface area contributed by atoms with Crippen molar-refractivity contribution in [1.82, 2.24) is 5.32 Å². The number of sulfone groups is 1. The Labute approximate surface area is 135 Å². The van der Waals surface area contributed by atoms with Crippen molar-refractivity contribution in [2.75, 3.05) is 25.2 Å². The zero-order valence-corrected chi connectivity index (χ0v) is 15.3. The molecule has 19 heavy (non-hydrogen) atoms. The number of aliphatic hydroxyl groups is 2. The van der Waals surface area contributed by atoms with Gasteiger partial charge in [0, 0.05) is 37.4 Å². The summed E-state index contributed by atoms with van der Waals surface area (Å²) in [4.78, 5) is 11.2. The molecule has 1 fully saturated rings. The Balaban J connectivity index is 0.00000324. The van der Waals surface area contributed by atoms with E-state index in [-0.39, 0.29) is 50.1 Å². The molecule has 0 aromatic rings. The van der Waals surface area contributed by atoms with Crippen molar-refractivity contribution in [3.63, 3.8) is 0 Å². The number of hydrogen-bond acceptors (Lipinski definition) is 7. The molecule has 0 radical (unpaired) electrons. The van der Waals surface area contributed by atoms with Crippen LogP contribution < -0.4 is 5.32 Å². The zero-order chi connectivity index (χ0) is 13.8. The van der Waals surface area contributed by atoms with Crippen LogP contribution in [0.25, 0.3) is 0 Å². The number of aliphatic hydroxyl groups excluding tert-OH is 2. The van der Waals surface area contributed by atoms with E-state index in [0.717, 1.165) is 6.26 Å². The van der Waals surface area contributed by atoms with Crippen LogP contribution in [0, 0.1) is 37.7 Å². The first-order chi connectivity index (χ1) is 8.33. The molecule has 1 heterocycles. The SMILES string of the molecule is CS(=O)(=O)CCOC(=O)NC1[CH-]O[C@H](CO)C1O.[U]. The van der Waals surface area contributed by atoms with Crippen molar-refractivity contribution in [2.45, 2.75) is 18.2 Å². The van der Waals surface area contributed by atoms with E-state index >= 15 is 0 Å². The van der Waals surface area contributed by atoms with Gasteiger partial charge in [0.1, 0.15) is 6.61 Å². The molecule has 1 aliphatic rings. The molecule has 0 aromatic heterocycles. The molecule has 3 N–H and O–H groups in total. The quantitative estimate of drug-likeness (QED) is 0.360. The molecule has 8 nitrogen and oxygen atoms in total. The van der Waals surface area contributed by atoms with Crippen LogP contribution in [0.1, 0.15) is 0 Å². The number of ether oxygens (including phenoxy) is 2. The van der Waals surface area contributed by atoms with Gasteiger partial charge in [0.15, 0.2) is 9.84 Å². The summed E-state index contributed by atoms with van der Waals surface area (Å²) in [5.41, 5.74) is 0. The number of amides is 1. The van der Waals surface area contributed by atoms with Crippen LogP contribution in [-0.4, -0.2) is 68.2 Å². The van der Waals surface area contributed by atoms with Gasteiger partial charge >= 0.3 is 6.09 Å². The summed E-state index contributed by atoms with van der Waals surface area (Å²) in [6.45, 7) is 0.542. The first-order valence-electron chi connectivity index (χ1n) is 5.22. The van der Waals surface area contributed by atoms with Crippen molar-refractivity contribution >= 4 is 15.9 Å². The maximum atomic E-state index is 11.2. The van der Waals surface area contributed by atoms with Crippen LogP contribution >= 0.6 is 0 Å². The van der Waals surface area contributed by atoms with Gasteiger partial charge in [-0.2, -0.15) is 6.61 Å². The number of carbonyl (C=O) groups excluding carboxylic acids is 1. The van der Waals surface area contributed by atoms with Gasteiger partial charge in [0.25, 0.3) is 0 Å². The molecule has 0 saturated carbocycles. The standard InChI is InChI=1S/C9H16NO7S.U/c1-18(14,15)3-2-16-9(13)10-6-5-17-7(4-11)8(6)12;/h5-8,11-12H,2-4H2,1H3,(H,10,13);/q-1;/t6?,7-,8?;/m1./s1. The van der Waals surface area contributed by atoms with Crippen molar-refractivity contribution < 1.29 is 64.0 Å². The number of nitrogens with one attached hydrogen (secondary N) is 1. The van der Waals surface area contributed by atoms with Crippen LogP contribution in [0.5, 0.6) is 0 Å². The van der Waals surface area contributed by atoms with Gasteiger partial charge in [-0.15, -0.1) is 0 Å². The first-order valence-corrected chi connectivity index (χ1v) is 7.28. The van der Waals surface area contributed by atoms with Crippen LogP contribution in [0.4, 0.5) is 4.79 Å². The molecular weight excluding hydrogens is 504 g/mol. The van der Waals surface area contributed by atoms with Crippen LogP contribution in [-0.2, 0) is 19.3 Å². The number of alkyl carbamates (subject to hydrolysis) is 1. The fourth-order valence-electron chi connectivity index (χ4n) is 1.31. The molecular formula is C9H16NO7SU-. The smallest absolute Gasteiger partial charge is 0.405 e. The van der Waals surface area contributed by atoms with Crippen molar-refractivity contribution in [3.05, 3.63) is 6.61 Å². The number of rotatable bonds is 5. The molecule has 1 aliphatic heterocycles. The van der Waals surface area contributed by atoms with E-state index in [1.165, 1.54) is 6.61 Å². The molecule has 1 saturated heterocycles. The average molecular weight is 520 g/mol. The fourth-order valence-corrected chi connectivity index (χ4v) is 1.70. The van der Waals surface area contributed by atoms with E-state index in [4.69, 9.17) is 9.84 Å². The summed E-state index contributed by atoms with van der Waals surface area (Å²) >= 11 is 0. The minimum absolute atomic E-state index is 0. The minimum atomic E-state index is -3.19. The fraction of sp³-hybridized carbons (Fsp3) is 0.778. The molecule has 0 aliphatic carbocycles. The summed E-state index contributed by atoms with van der Waals surface area (Å²) in [6.07, 6.45) is -1.69. The van der Waals surface area contributed by atoms with E-state index in [1.807, 2.05) is 0 Å². The molecule has 0 aromatic carbocycles. The molecule has 0 spiro atoms. The number of carbonyl (C=O) groups is 1. The van der Waals surface area contributed by atoms with Gasteiger partial charge in [0.2, 0.25) is 0 Å². The molecule has 0 bridgehead atoms. The largest absolute Gasteiger partial charge is 0.544 e. The van der Waals surface area contributed by atoms with Crippen molar-refractivity contribution in [3.8, 4) is 0 Å². The summed E-state index contributed by atoms with van der Waals surface area (Å²) < 4.78 is 31.1. The normalized spacial score (nSPS) is 26.6. The van der Waals surface area contributed by atoms with Crippen molar-refractivity contribution in [2.24, 2.45) is 0 Å². The minimum Gasteiger partial charge on any atom is -0.544 e. The predicted molar refractivity (Wildman–Crippen MR) is 60.2 cm³/mol. The van der Waals surface area contributed by atoms with E-state index in [9.17, 15) is 18.3 Å². The second kappa shape index (κ2) is 8.44. The van der Waals surface area contributed by atoms with E-state index in [2.05, 4.69) is 10.1 Å². The molecule has 3 atom stereocenters. The van der Waals surface area contributed by atoms with Crippen LogP contribution in [0.15, 0.2) is 0 Å². The van der Waals surface area contributed by atoms with Crippen LogP contribution in [0.2, 0.25) is 0 Å². The maximum absolute atomic E-state index is 11.2. The Bertz CT molecular complexity index is 388. The Hall–Kier alpha value is 0.152. The molecule has 10 heteroatoms. The predicted octanol–water partition coefficient (Wildman–Crippen LogP) is -1.96. The van der Waals surface area contributed by atoms with Crippen LogP contribution in [0.3, 0.4) is 0 Å². The summed E-state index contributed by atoms with van der Waals surface area (Å²) in [7, 11) is -3.19. The Kier molecular flexibility index (Phi) is 8.51. The Morgan fingerprint density at radius 2 is 2.16 bits per heavy atom. The third-order valence-electron chi connectivity index (χ3n) is 2.30. The zero-order valence-electron chi connectivity index (χ0n) is 10.3. The third-order valence-corrected chi connectivity index (χ3v) is 3.21. The van der Waals surface area contributed by atoms with Gasteiger partial charge in [0.05, 0.1) is 24.6 Å². The summed E-state index contributed by atoms with van der Waals surface area (Å²) in [5, 5.41) is 20.7. The second-order valence-electron chi connectivity index (χ2n) is 3.92. The van der Waals surface area contributed by atoms with E-state index < -0.39 is 34.2 Å². The average Bonchev–Trinajstić information content (AvgIpc) is 2.58. The summed E-state index contributed by atoms with van der Waals surface area (Å²) in [6, 6.07) is -0.798. The van der Waals surface area contributed by atoms with Crippen molar-refractivity contribution in [1.29, 1.82) is 0 Å². The molecule has 2 unspecified atom stereocenters. The topological polar surface area (TPSA) is 122 Å². The van der Waals surface area contributed by atoms with E-state index in [1.54, 1.807) is 0 Å². The summed E-state index contributed by atoms with van der Waals surface area (Å²) in [5.74, 6) is -0.271. The number of hydrogen-bond donors (Lipinski definition) is 3. The second-order valence-corrected chi connectivity index (χ2v) is 6.18. The van der Waals surface area contributed by atoms with Gasteiger partial charge in [-0.1, -0.05) is 0 Å². The van der Waals surface area contributed by atoms with Gasteiger partial charge < -0.3 is 25.0 Å². The Morgan fingerprint density at radius 1 is 1.53 bits per heavy atom. The molecule has 1 amide bonds.